The minimum Gasteiger partial charge on any atom is -0.352 e. The van der Waals surface area contributed by atoms with Crippen LogP contribution in [0.4, 0.5) is 0 Å². The van der Waals surface area contributed by atoms with Gasteiger partial charge in [-0.2, -0.15) is 0 Å². The number of nitrogens with one attached hydrogen (secondary N) is 1. The largest absolute Gasteiger partial charge is 0.352 e. The van der Waals surface area contributed by atoms with Crippen LogP contribution in [0.25, 0.3) is 0 Å². The van der Waals surface area contributed by atoms with Gasteiger partial charge in [0.2, 0.25) is 5.91 Å². The summed E-state index contributed by atoms with van der Waals surface area (Å²) in [7, 11) is -2.91. The summed E-state index contributed by atoms with van der Waals surface area (Å²) in [5.41, 5.74) is 0. The summed E-state index contributed by atoms with van der Waals surface area (Å²) < 4.78 is 22.8. The summed E-state index contributed by atoms with van der Waals surface area (Å²) in [4.78, 5) is 11.8. The average molecular weight is 402 g/mol. The third-order valence-electron chi connectivity index (χ3n) is 5.60. The summed E-state index contributed by atoms with van der Waals surface area (Å²) in [5, 5.41) is 2.87. The Kier molecular flexibility index (Phi) is 13.9. The van der Waals surface area contributed by atoms with Gasteiger partial charge in [-0.3, -0.25) is 4.79 Å². The van der Waals surface area contributed by atoms with E-state index in [1.54, 1.807) is 0 Å². The van der Waals surface area contributed by atoms with Gasteiger partial charge in [0.25, 0.3) is 0 Å². The van der Waals surface area contributed by atoms with E-state index in [1.165, 1.54) is 83.5 Å². The molecule has 0 aromatic rings. The molecule has 0 aromatic heterocycles. The lowest BCUT2D eigenvalue weighted by Crippen LogP contribution is -2.35. The zero-order valence-electron chi connectivity index (χ0n) is 17.6. The van der Waals surface area contributed by atoms with Crippen LogP contribution in [0.5, 0.6) is 0 Å². The van der Waals surface area contributed by atoms with Crippen LogP contribution in [-0.2, 0) is 14.6 Å². The standard InChI is InChI=1S/C22H43NO3S/c1-2-3-4-5-6-7-8-9-10-11-12-13-14-15-16-17-22(24)23-21-18-19-27(25,26)20-21/h21H,2-20H2,1H3,(H,23,24). The number of carbonyl (C=O) groups is 1. The zero-order valence-corrected chi connectivity index (χ0v) is 18.5. The summed E-state index contributed by atoms with van der Waals surface area (Å²) in [6.07, 6.45) is 20.9. The van der Waals surface area contributed by atoms with E-state index >= 15 is 0 Å². The van der Waals surface area contributed by atoms with E-state index in [-0.39, 0.29) is 23.5 Å². The molecule has 1 atom stereocenters. The fraction of sp³-hybridized carbons (Fsp3) is 0.955. The molecule has 27 heavy (non-hydrogen) atoms. The van der Waals surface area contributed by atoms with Gasteiger partial charge in [-0.05, 0) is 12.8 Å². The molecule has 5 heteroatoms. The number of carbonyl (C=O) groups excluding carboxylic acids is 1. The first-order chi connectivity index (χ1) is 13.0. The Morgan fingerprint density at radius 1 is 0.778 bits per heavy atom. The van der Waals surface area contributed by atoms with Crippen LogP contribution in [0.3, 0.4) is 0 Å². The van der Waals surface area contributed by atoms with Gasteiger partial charge in [-0.25, -0.2) is 8.42 Å². The first kappa shape index (κ1) is 24.5. The third-order valence-corrected chi connectivity index (χ3v) is 7.37. The molecule has 1 fully saturated rings. The van der Waals surface area contributed by atoms with Crippen molar-refractivity contribution in [1.82, 2.24) is 5.32 Å². The highest BCUT2D eigenvalue weighted by molar-refractivity contribution is 7.91. The van der Waals surface area contributed by atoms with Crippen LogP contribution in [0.2, 0.25) is 0 Å². The van der Waals surface area contributed by atoms with E-state index in [0.29, 0.717) is 12.8 Å². The summed E-state index contributed by atoms with van der Waals surface area (Å²) in [5.74, 6) is 0.362. The second-order valence-electron chi connectivity index (χ2n) is 8.37. The zero-order chi connectivity index (χ0) is 19.8. The third kappa shape index (κ3) is 14.1. The smallest absolute Gasteiger partial charge is 0.220 e. The Bertz CT molecular complexity index is 476. The van der Waals surface area contributed by atoms with Gasteiger partial charge in [0.15, 0.2) is 9.84 Å². The van der Waals surface area contributed by atoms with Crippen molar-refractivity contribution in [2.45, 2.75) is 122 Å². The molecule has 0 radical (unpaired) electrons. The molecule has 160 valence electrons. The van der Waals surface area contributed by atoms with Crippen molar-refractivity contribution in [3.8, 4) is 0 Å². The molecule has 1 N–H and O–H groups in total. The number of amides is 1. The minimum atomic E-state index is -2.91. The molecule has 1 rings (SSSR count). The molecule has 0 aromatic carbocycles. The van der Waals surface area contributed by atoms with Crippen LogP contribution in [0.15, 0.2) is 0 Å². The van der Waals surface area contributed by atoms with Crippen molar-refractivity contribution >= 4 is 15.7 Å². The fourth-order valence-electron chi connectivity index (χ4n) is 3.87. The van der Waals surface area contributed by atoms with E-state index in [1.807, 2.05) is 0 Å². The van der Waals surface area contributed by atoms with Gasteiger partial charge < -0.3 is 5.32 Å². The minimum absolute atomic E-state index is 0.0202. The monoisotopic (exact) mass is 401 g/mol. The van der Waals surface area contributed by atoms with E-state index in [9.17, 15) is 13.2 Å². The number of hydrogen-bond donors (Lipinski definition) is 1. The van der Waals surface area contributed by atoms with Crippen LogP contribution in [0, 0.1) is 0 Å². The van der Waals surface area contributed by atoms with Gasteiger partial charge >= 0.3 is 0 Å². The van der Waals surface area contributed by atoms with E-state index in [0.717, 1.165) is 12.8 Å². The lowest BCUT2D eigenvalue weighted by atomic mass is 10.0. The first-order valence-electron chi connectivity index (χ1n) is 11.5. The molecule has 1 saturated heterocycles. The van der Waals surface area contributed by atoms with Gasteiger partial charge in [-0.1, -0.05) is 96.8 Å². The molecule has 4 nitrogen and oxygen atoms in total. The predicted molar refractivity (Wildman–Crippen MR) is 115 cm³/mol. The summed E-state index contributed by atoms with van der Waals surface area (Å²) >= 11 is 0. The molecule has 1 aliphatic heterocycles. The van der Waals surface area contributed by atoms with Crippen LogP contribution < -0.4 is 5.32 Å². The SMILES string of the molecule is CCCCCCCCCCCCCCCCCC(=O)NC1CCS(=O)(=O)C1. The van der Waals surface area contributed by atoms with Crippen molar-refractivity contribution in [2.24, 2.45) is 0 Å². The number of sulfone groups is 1. The quantitative estimate of drug-likeness (QED) is 0.325. The van der Waals surface area contributed by atoms with Crippen LogP contribution >= 0.6 is 0 Å². The second kappa shape index (κ2) is 15.4. The normalized spacial score (nSPS) is 18.6. The Hall–Kier alpha value is -0.580. The van der Waals surface area contributed by atoms with E-state index < -0.39 is 9.84 Å². The Morgan fingerprint density at radius 3 is 1.63 bits per heavy atom. The van der Waals surface area contributed by atoms with Crippen molar-refractivity contribution in [3.63, 3.8) is 0 Å². The lowest BCUT2D eigenvalue weighted by molar-refractivity contribution is -0.121. The maximum absolute atomic E-state index is 11.8. The number of hydrogen-bond acceptors (Lipinski definition) is 3. The highest BCUT2D eigenvalue weighted by Gasteiger charge is 2.28. The molecule has 0 saturated carbocycles. The summed E-state index contributed by atoms with van der Waals surface area (Å²) in [6, 6.07) is -0.154. The highest BCUT2D eigenvalue weighted by atomic mass is 32.2. The Morgan fingerprint density at radius 2 is 1.22 bits per heavy atom. The maximum atomic E-state index is 11.8. The van der Waals surface area contributed by atoms with Crippen LogP contribution in [0.1, 0.15) is 116 Å². The topological polar surface area (TPSA) is 63.2 Å². The Balaban J connectivity index is 1.78. The van der Waals surface area contributed by atoms with Crippen molar-refractivity contribution in [2.75, 3.05) is 11.5 Å². The molecular formula is C22H43NO3S. The van der Waals surface area contributed by atoms with E-state index in [2.05, 4.69) is 12.2 Å². The van der Waals surface area contributed by atoms with Crippen molar-refractivity contribution < 1.29 is 13.2 Å². The molecule has 0 spiro atoms. The van der Waals surface area contributed by atoms with Gasteiger partial charge in [0, 0.05) is 12.5 Å². The first-order valence-corrected chi connectivity index (χ1v) is 13.4. The van der Waals surface area contributed by atoms with Gasteiger partial charge in [0.05, 0.1) is 11.5 Å². The molecule has 0 aliphatic carbocycles. The van der Waals surface area contributed by atoms with Gasteiger partial charge in [-0.15, -0.1) is 0 Å². The Labute approximate surface area is 168 Å². The fourth-order valence-corrected chi connectivity index (χ4v) is 5.54. The average Bonchev–Trinajstić information content (AvgIpc) is 2.96. The summed E-state index contributed by atoms with van der Waals surface area (Å²) in [6.45, 7) is 2.27. The molecule has 1 heterocycles. The highest BCUT2D eigenvalue weighted by Crippen LogP contribution is 2.14. The second-order valence-corrected chi connectivity index (χ2v) is 10.6. The van der Waals surface area contributed by atoms with Crippen molar-refractivity contribution in [3.05, 3.63) is 0 Å². The molecule has 0 bridgehead atoms. The lowest BCUT2D eigenvalue weighted by Gasteiger charge is -2.10. The van der Waals surface area contributed by atoms with Gasteiger partial charge in [0.1, 0.15) is 0 Å². The van der Waals surface area contributed by atoms with Crippen molar-refractivity contribution in [1.29, 1.82) is 0 Å². The maximum Gasteiger partial charge on any atom is 0.220 e. The molecular weight excluding hydrogens is 358 g/mol. The number of unbranched alkanes of at least 4 members (excludes halogenated alkanes) is 14. The predicted octanol–water partition coefficient (Wildman–Crippen LogP) is 5.55. The number of rotatable bonds is 17. The molecule has 1 amide bonds. The molecule has 1 unspecified atom stereocenters. The molecule has 1 aliphatic rings. The van der Waals surface area contributed by atoms with Crippen LogP contribution in [-0.4, -0.2) is 31.9 Å². The van der Waals surface area contributed by atoms with E-state index in [4.69, 9.17) is 0 Å².